The van der Waals surface area contributed by atoms with Crippen LogP contribution in [0.1, 0.15) is 44.0 Å². The van der Waals surface area contributed by atoms with Crippen molar-refractivity contribution in [3.63, 3.8) is 0 Å². The molecule has 4 nitrogen and oxygen atoms in total. The van der Waals surface area contributed by atoms with E-state index in [9.17, 15) is 4.79 Å². The van der Waals surface area contributed by atoms with Crippen LogP contribution in [0.25, 0.3) is 0 Å². The van der Waals surface area contributed by atoms with Crippen LogP contribution in [-0.2, 0) is 4.74 Å². The Bertz CT molecular complexity index is 479. The number of carbonyl (C=O) groups is 1. The molecule has 0 spiro atoms. The summed E-state index contributed by atoms with van der Waals surface area (Å²) in [4.78, 5) is 13.8. The molecule has 1 fully saturated rings. The van der Waals surface area contributed by atoms with Gasteiger partial charge in [-0.25, -0.2) is 0 Å². The summed E-state index contributed by atoms with van der Waals surface area (Å²) in [6.45, 7) is 9.66. The lowest BCUT2D eigenvalue weighted by atomic mass is 10.1. The third kappa shape index (κ3) is 5.43. The molecule has 0 radical (unpaired) electrons. The molecule has 2 atom stereocenters. The van der Waals surface area contributed by atoms with Gasteiger partial charge in [-0.05, 0) is 52.3 Å². The molecule has 0 N–H and O–H groups in total. The summed E-state index contributed by atoms with van der Waals surface area (Å²) in [6, 6.07) is 7.39. The molecular formula is C18H27NO3. The number of hydrogen-bond acceptors (Lipinski definition) is 4. The molecular weight excluding hydrogens is 278 g/mol. The van der Waals surface area contributed by atoms with Crippen LogP contribution in [0.5, 0.6) is 5.75 Å². The number of Topliss-reactive ketones (excluding diaryl/α,β-unsaturated/α-hetero) is 1. The van der Waals surface area contributed by atoms with E-state index in [1.807, 2.05) is 24.3 Å². The Kier molecular flexibility index (Phi) is 6.40. The molecule has 0 aromatic heterocycles. The van der Waals surface area contributed by atoms with Gasteiger partial charge in [0.1, 0.15) is 5.75 Å². The van der Waals surface area contributed by atoms with Gasteiger partial charge in [-0.3, -0.25) is 9.69 Å². The van der Waals surface area contributed by atoms with Crippen molar-refractivity contribution in [2.75, 3.05) is 26.2 Å². The van der Waals surface area contributed by atoms with Crippen LogP contribution in [0.4, 0.5) is 0 Å². The van der Waals surface area contributed by atoms with E-state index in [0.717, 1.165) is 38.2 Å². The molecule has 0 saturated carbocycles. The van der Waals surface area contributed by atoms with E-state index in [4.69, 9.17) is 9.47 Å². The average Bonchev–Trinajstić information content (AvgIpc) is 2.46. The lowest BCUT2D eigenvalue weighted by molar-refractivity contribution is -0.0682. The molecule has 0 amide bonds. The quantitative estimate of drug-likeness (QED) is 0.573. The zero-order valence-electron chi connectivity index (χ0n) is 13.9. The minimum Gasteiger partial charge on any atom is -0.494 e. The van der Waals surface area contributed by atoms with Crippen LogP contribution in [0, 0.1) is 0 Å². The van der Waals surface area contributed by atoms with Gasteiger partial charge in [0.2, 0.25) is 0 Å². The van der Waals surface area contributed by atoms with Gasteiger partial charge >= 0.3 is 0 Å². The normalized spacial score (nSPS) is 22.5. The minimum atomic E-state index is 0.0704. The maximum absolute atomic E-state index is 11.3. The van der Waals surface area contributed by atoms with Crippen molar-refractivity contribution in [2.45, 2.75) is 45.8 Å². The molecule has 1 aliphatic rings. The molecule has 0 aliphatic carbocycles. The zero-order chi connectivity index (χ0) is 15.9. The fraction of sp³-hybridized carbons (Fsp3) is 0.611. The maximum Gasteiger partial charge on any atom is 0.159 e. The molecule has 1 aromatic carbocycles. The van der Waals surface area contributed by atoms with Gasteiger partial charge in [-0.2, -0.15) is 0 Å². The number of benzene rings is 1. The summed E-state index contributed by atoms with van der Waals surface area (Å²) in [5.41, 5.74) is 0.703. The topological polar surface area (TPSA) is 38.8 Å². The lowest BCUT2D eigenvalue weighted by Crippen LogP contribution is -2.45. The van der Waals surface area contributed by atoms with Crippen molar-refractivity contribution < 1.29 is 14.3 Å². The standard InChI is InChI=1S/C18H27NO3/c1-14-12-19(13-15(2)22-14)9-4-5-10-21-18-8-6-7-17(11-18)16(3)20/h6-8,11,14-15H,4-5,9-10,12-13H2,1-3H3/t14-,15-/m0/s1. The third-order valence-electron chi connectivity index (χ3n) is 3.87. The summed E-state index contributed by atoms with van der Waals surface area (Å²) in [5.74, 6) is 0.849. The predicted octanol–water partition coefficient (Wildman–Crippen LogP) is 3.16. The first kappa shape index (κ1) is 17.0. The van der Waals surface area contributed by atoms with Crippen molar-refractivity contribution in [1.29, 1.82) is 0 Å². The molecule has 1 aromatic rings. The minimum absolute atomic E-state index is 0.0704. The summed E-state index contributed by atoms with van der Waals surface area (Å²) in [7, 11) is 0. The van der Waals surface area contributed by atoms with E-state index in [2.05, 4.69) is 18.7 Å². The molecule has 4 heteroatoms. The number of unbranched alkanes of at least 4 members (excludes halogenated alkanes) is 1. The molecule has 2 rings (SSSR count). The molecule has 1 saturated heterocycles. The van der Waals surface area contributed by atoms with Crippen LogP contribution in [-0.4, -0.2) is 49.1 Å². The number of ether oxygens (including phenoxy) is 2. The van der Waals surface area contributed by atoms with Crippen molar-refractivity contribution in [1.82, 2.24) is 4.90 Å². The molecule has 22 heavy (non-hydrogen) atoms. The zero-order valence-corrected chi connectivity index (χ0v) is 13.9. The Morgan fingerprint density at radius 3 is 2.68 bits per heavy atom. The summed E-state index contributed by atoms with van der Waals surface area (Å²) in [5, 5.41) is 0. The smallest absolute Gasteiger partial charge is 0.159 e. The molecule has 122 valence electrons. The van der Waals surface area contributed by atoms with Gasteiger partial charge in [-0.1, -0.05) is 12.1 Å². The largest absolute Gasteiger partial charge is 0.494 e. The van der Waals surface area contributed by atoms with E-state index in [-0.39, 0.29) is 5.78 Å². The highest BCUT2D eigenvalue weighted by molar-refractivity contribution is 5.94. The number of nitrogens with zero attached hydrogens (tertiary/aromatic N) is 1. The van der Waals surface area contributed by atoms with E-state index in [1.165, 1.54) is 0 Å². The van der Waals surface area contributed by atoms with E-state index < -0.39 is 0 Å². The second-order valence-electron chi connectivity index (χ2n) is 6.16. The fourth-order valence-corrected chi connectivity index (χ4v) is 2.90. The van der Waals surface area contributed by atoms with Crippen LogP contribution >= 0.6 is 0 Å². The van der Waals surface area contributed by atoms with Crippen molar-refractivity contribution in [2.24, 2.45) is 0 Å². The predicted molar refractivity (Wildman–Crippen MR) is 87.6 cm³/mol. The Balaban J connectivity index is 1.65. The Morgan fingerprint density at radius 2 is 2.00 bits per heavy atom. The molecule has 1 aliphatic heterocycles. The summed E-state index contributed by atoms with van der Waals surface area (Å²) >= 11 is 0. The number of hydrogen-bond donors (Lipinski definition) is 0. The fourth-order valence-electron chi connectivity index (χ4n) is 2.90. The lowest BCUT2D eigenvalue weighted by Gasteiger charge is -2.35. The van der Waals surface area contributed by atoms with Gasteiger partial charge in [0, 0.05) is 18.7 Å². The summed E-state index contributed by atoms with van der Waals surface area (Å²) < 4.78 is 11.5. The van der Waals surface area contributed by atoms with Crippen molar-refractivity contribution in [3.05, 3.63) is 29.8 Å². The second kappa shape index (κ2) is 8.30. The highest BCUT2D eigenvalue weighted by atomic mass is 16.5. The average molecular weight is 305 g/mol. The van der Waals surface area contributed by atoms with Crippen molar-refractivity contribution in [3.8, 4) is 5.75 Å². The van der Waals surface area contributed by atoms with Crippen molar-refractivity contribution >= 4 is 5.78 Å². The van der Waals surface area contributed by atoms with Crippen LogP contribution in [0.15, 0.2) is 24.3 Å². The Hall–Kier alpha value is -1.39. The van der Waals surface area contributed by atoms with Gasteiger partial charge < -0.3 is 9.47 Å². The second-order valence-corrected chi connectivity index (χ2v) is 6.16. The highest BCUT2D eigenvalue weighted by Crippen LogP contribution is 2.15. The SMILES string of the molecule is CC(=O)c1cccc(OCCCCN2C[C@H](C)O[C@@H](C)C2)c1. The van der Waals surface area contributed by atoms with Gasteiger partial charge in [-0.15, -0.1) is 0 Å². The Morgan fingerprint density at radius 1 is 1.27 bits per heavy atom. The number of morpholine rings is 1. The number of rotatable bonds is 7. The molecule has 1 heterocycles. The van der Waals surface area contributed by atoms with E-state index >= 15 is 0 Å². The van der Waals surface area contributed by atoms with Gasteiger partial charge in [0.25, 0.3) is 0 Å². The van der Waals surface area contributed by atoms with Crippen LogP contribution < -0.4 is 4.74 Å². The van der Waals surface area contributed by atoms with E-state index in [1.54, 1.807) is 6.92 Å². The number of ketones is 1. The van der Waals surface area contributed by atoms with Crippen LogP contribution in [0.3, 0.4) is 0 Å². The first-order valence-corrected chi connectivity index (χ1v) is 8.16. The molecule has 0 unspecified atom stereocenters. The monoisotopic (exact) mass is 305 g/mol. The van der Waals surface area contributed by atoms with E-state index in [0.29, 0.717) is 24.4 Å². The van der Waals surface area contributed by atoms with Gasteiger partial charge in [0.05, 0.1) is 18.8 Å². The first-order chi connectivity index (χ1) is 10.5. The highest BCUT2D eigenvalue weighted by Gasteiger charge is 2.21. The maximum atomic E-state index is 11.3. The summed E-state index contributed by atoms with van der Waals surface area (Å²) in [6.07, 6.45) is 2.79. The Labute approximate surface area is 133 Å². The van der Waals surface area contributed by atoms with Crippen LogP contribution in [0.2, 0.25) is 0 Å². The molecule has 0 bridgehead atoms. The van der Waals surface area contributed by atoms with Gasteiger partial charge in [0.15, 0.2) is 5.78 Å². The number of carbonyl (C=O) groups excluding carboxylic acids is 1. The first-order valence-electron chi connectivity index (χ1n) is 8.16. The third-order valence-corrected chi connectivity index (χ3v) is 3.87.